The second-order valence-corrected chi connectivity index (χ2v) is 4.97. The molecule has 0 aromatic rings. The maximum atomic E-state index is 11.6. The molecule has 5 nitrogen and oxygen atoms in total. The Morgan fingerprint density at radius 2 is 1.88 bits per heavy atom. The minimum absolute atomic E-state index is 0.00690. The summed E-state index contributed by atoms with van der Waals surface area (Å²) in [6.07, 6.45) is 0. The average molecular weight is 229 g/mol. The van der Waals surface area contributed by atoms with E-state index in [1.165, 1.54) is 0 Å². The molecule has 0 aliphatic carbocycles. The molecule has 0 saturated heterocycles. The van der Waals surface area contributed by atoms with Gasteiger partial charge in [0.1, 0.15) is 0 Å². The molecular formula is C11H23N3O2. The van der Waals surface area contributed by atoms with Crippen LogP contribution in [0.3, 0.4) is 0 Å². The van der Waals surface area contributed by atoms with Gasteiger partial charge in [-0.1, -0.05) is 20.8 Å². The fourth-order valence-electron chi connectivity index (χ4n) is 0.977. The van der Waals surface area contributed by atoms with Crippen LogP contribution in [0.4, 0.5) is 0 Å². The Morgan fingerprint density at radius 3 is 2.25 bits per heavy atom. The highest BCUT2D eigenvalue weighted by atomic mass is 16.2. The molecule has 0 aromatic heterocycles. The third kappa shape index (κ3) is 4.61. The lowest BCUT2D eigenvalue weighted by molar-refractivity contribution is -0.132. The number of amides is 2. The summed E-state index contributed by atoms with van der Waals surface area (Å²) >= 11 is 0. The van der Waals surface area contributed by atoms with Crippen LogP contribution >= 0.6 is 0 Å². The SMILES string of the molecule is CCN(C)C(=O)CNC(=O)[C@H](N)C(C)(C)C. The Kier molecular flexibility index (Phi) is 5.44. The number of hydrogen-bond donors (Lipinski definition) is 2. The predicted molar refractivity (Wildman–Crippen MR) is 63.8 cm³/mol. The topological polar surface area (TPSA) is 75.4 Å². The van der Waals surface area contributed by atoms with Crippen molar-refractivity contribution in [1.82, 2.24) is 10.2 Å². The first-order chi connectivity index (χ1) is 7.20. The van der Waals surface area contributed by atoms with Gasteiger partial charge in [0.15, 0.2) is 0 Å². The van der Waals surface area contributed by atoms with Gasteiger partial charge in [-0.05, 0) is 12.3 Å². The van der Waals surface area contributed by atoms with Crippen molar-refractivity contribution in [2.45, 2.75) is 33.7 Å². The number of carbonyl (C=O) groups excluding carboxylic acids is 2. The summed E-state index contributed by atoms with van der Waals surface area (Å²) in [5.41, 5.74) is 5.45. The molecule has 0 radical (unpaired) electrons. The molecule has 2 amide bonds. The van der Waals surface area contributed by atoms with Crippen molar-refractivity contribution in [3.8, 4) is 0 Å². The predicted octanol–water partition coefficient (Wildman–Crippen LogP) is -0.0457. The normalized spacial score (nSPS) is 13.1. The summed E-state index contributed by atoms with van der Waals surface area (Å²) in [5, 5.41) is 2.55. The van der Waals surface area contributed by atoms with E-state index < -0.39 is 6.04 Å². The average Bonchev–Trinajstić information content (AvgIpc) is 2.21. The molecule has 0 aromatic carbocycles. The highest BCUT2D eigenvalue weighted by molar-refractivity contribution is 5.87. The summed E-state index contributed by atoms with van der Waals surface area (Å²) in [5.74, 6) is -0.401. The molecular weight excluding hydrogens is 206 g/mol. The van der Waals surface area contributed by atoms with Gasteiger partial charge in [0.05, 0.1) is 12.6 Å². The maximum absolute atomic E-state index is 11.6. The van der Waals surface area contributed by atoms with Crippen LogP contribution in [0.15, 0.2) is 0 Å². The third-order valence-electron chi connectivity index (χ3n) is 2.53. The van der Waals surface area contributed by atoms with Gasteiger partial charge in [0, 0.05) is 13.6 Å². The van der Waals surface area contributed by atoms with Gasteiger partial charge >= 0.3 is 0 Å². The van der Waals surface area contributed by atoms with E-state index in [1.54, 1.807) is 11.9 Å². The number of rotatable bonds is 4. The van der Waals surface area contributed by atoms with Gasteiger partial charge in [-0.25, -0.2) is 0 Å². The molecule has 0 unspecified atom stereocenters. The van der Waals surface area contributed by atoms with E-state index in [-0.39, 0.29) is 23.8 Å². The van der Waals surface area contributed by atoms with E-state index in [2.05, 4.69) is 5.32 Å². The van der Waals surface area contributed by atoms with E-state index in [1.807, 2.05) is 27.7 Å². The molecule has 0 bridgehead atoms. The van der Waals surface area contributed by atoms with Gasteiger partial charge < -0.3 is 16.0 Å². The first-order valence-electron chi connectivity index (χ1n) is 5.47. The highest BCUT2D eigenvalue weighted by Gasteiger charge is 2.27. The van der Waals surface area contributed by atoms with Crippen LogP contribution in [0.2, 0.25) is 0 Å². The van der Waals surface area contributed by atoms with E-state index in [4.69, 9.17) is 5.73 Å². The fourth-order valence-corrected chi connectivity index (χ4v) is 0.977. The smallest absolute Gasteiger partial charge is 0.241 e. The Morgan fingerprint density at radius 1 is 1.38 bits per heavy atom. The standard InChI is InChI=1S/C11H23N3O2/c1-6-14(5)8(15)7-13-10(16)9(12)11(2,3)4/h9H,6-7,12H2,1-5H3,(H,13,16)/t9-/m0/s1. The molecule has 0 aliphatic rings. The Hall–Kier alpha value is -1.10. The van der Waals surface area contributed by atoms with Crippen LogP contribution in [0.5, 0.6) is 0 Å². The molecule has 0 aliphatic heterocycles. The lowest BCUT2D eigenvalue weighted by Gasteiger charge is -2.26. The lowest BCUT2D eigenvalue weighted by atomic mass is 9.87. The zero-order chi connectivity index (χ0) is 12.9. The summed E-state index contributed by atoms with van der Waals surface area (Å²) in [4.78, 5) is 24.6. The zero-order valence-electron chi connectivity index (χ0n) is 10.8. The minimum Gasteiger partial charge on any atom is -0.346 e. The fraction of sp³-hybridized carbons (Fsp3) is 0.818. The van der Waals surface area contributed by atoms with Crippen molar-refractivity contribution in [2.24, 2.45) is 11.1 Å². The van der Waals surface area contributed by atoms with Crippen molar-refractivity contribution in [1.29, 1.82) is 0 Å². The molecule has 5 heteroatoms. The second-order valence-electron chi connectivity index (χ2n) is 4.97. The molecule has 16 heavy (non-hydrogen) atoms. The maximum Gasteiger partial charge on any atom is 0.241 e. The van der Waals surface area contributed by atoms with Crippen LogP contribution in [0, 0.1) is 5.41 Å². The molecule has 94 valence electrons. The number of nitrogens with one attached hydrogen (secondary N) is 1. The van der Waals surface area contributed by atoms with Gasteiger partial charge in [-0.15, -0.1) is 0 Å². The van der Waals surface area contributed by atoms with Crippen molar-refractivity contribution in [3.63, 3.8) is 0 Å². The first kappa shape index (κ1) is 14.9. The van der Waals surface area contributed by atoms with Gasteiger partial charge in [0.2, 0.25) is 11.8 Å². The molecule has 0 rings (SSSR count). The number of likely N-dealkylation sites (N-methyl/N-ethyl adjacent to an activating group) is 1. The van der Waals surface area contributed by atoms with Crippen LogP contribution < -0.4 is 11.1 Å². The molecule has 0 fully saturated rings. The molecule has 0 heterocycles. The van der Waals surface area contributed by atoms with E-state index >= 15 is 0 Å². The lowest BCUT2D eigenvalue weighted by Crippen LogP contribution is -2.50. The summed E-state index contributed by atoms with van der Waals surface area (Å²) in [6, 6.07) is -0.604. The first-order valence-corrected chi connectivity index (χ1v) is 5.47. The largest absolute Gasteiger partial charge is 0.346 e. The molecule has 3 N–H and O–H groups in total. The van der Waals surface area contributed by atoms with E-state index in [0.29, 0.717) is 6.54 Å². The van der Waals surface area contributed by atoms with Gasteiger partial charge in [-0.3, -0.25) is 9.59 Å². The quantitative estimate of drug-likeness (QED) is 0.710. The van der Waals surface area contributed by atoms with Crippen LogP contribution in [-0.4, -0.2) is 42.9 Å². The molecule has 1 atom stereocenters. The highest BCUT2D eigenvalue weighted by Crippen LogP contribution is 2.16. The van der Waals surface area contributed by atoms with Crippen molar-refractivity contribution in [2.75, 3.05) is 20.1 Å². The van der Waals surface area contributed by atoms with Gasteiger partial charge in [-0.2, -0.15) is 0 Å². The van der Waals surface area contributed by atoms with E-state index in [0.717, 1.165) is 0 Å². The Balaban J connectivity index is 4.14. The minimum atomic E-state index is -0.604. The summed E-state index contributed by atoms with van der Waals surface area (Å²) < 4.78 is 0. The van der Waals surface area contributed by atoms with Crippen molar-refractivity contribution in [3.05, 3.63) is 0 Å². The molecule has 0 spiro atoms. The van der Waals surface area contributed by atoms with Crippen LogP contribution in [-0.2, 0) is 9.59 Å². The van der Waals surface area contributed by atoms with E-state index in [9.17, 15) is 9.59 Å². The summed E-state index contributed by atoms with van der Waals surface area (Å²) in [6.45, 7) is 8.17. The third-order valence-corrected chi connectivity index (χ3v) is 2.53. The Labute approximate surface area is 97.4 Å². The zero-order valence-corrected chi connectivity index (χ0v) is 10.8. The van der Waals surface area contributed by atoms with Crippen molar-refractivity contribution < 1.29 is 9.59 Å². The number of hydrogen-bond acceptors (Lipinski definition) is 3. The number of nitrogens with zero attached hydrogens (tertiary/aromatic N) is 1. The second kappa shape index (κ2) is 5.84. The van der Waals surface area contributed by atoms with Gasteiger partial charge in [0.25, 0.3) is 0 Å². The van der Waals surface area contributed by atoms with Crippen molar-refractivity contribution >= 4 is 11.8 Å². The Bertz CT molecular complexity index is 258. The number of nitrogens with two attached hydrogens (primary N) is 1. The van der Waals surface area contributed by atoms with Crippen LogP contribution in [0.25, 0.3) is 0 Å². The van der Waals surface area contributed by atoms with Crippen LogP contribution in [0.1, 0.15) is 27.7 Å². The monoisotopic (exact) mass is 229 g/mol. The molecule has 0 saturated carbocycles. The number of carbonyl (C=O) groups is 2. The summed E-state index contributed by atoms with van der Waals surface area (Å²) in [7, 11) is 1.69.